The highest BCUT2D eigenvalue weighted by atomic mass is 32.1. The molecule has 0 saturated carbocycles. The molecule has 3 heteroatoms. The van der Waals surface area contributed by atoms with E-state index in [2.05, 4.69) is 193 Å². The van der Waals surface area contributed by atoms with E-state index in [0.717, 1.165) is 44.4 Å². The molecule has 0 unspecified atom stereocenters. The molecular formula is C50H31NOS. The van der Waals surface area contributed by atoms with E-state index in [0.29, 0.717) is 0 Å². The monoisotopic (exact) mass is 693 g/mol. The molecule has 2 heterocycles. The van der Waals surface area contributed by atoms with Gasteiger partial charge in [0.1, 0.15) is 5.58 Å². The van der Waals surface area contributed by atoms with Gasteiger partial charge in [-0.05, 0) is 81.6 Å². The van der Waals surface area contributed by atoms with Crippen LogP contribution < -0.4 is 4.90 Å². The van der Waals surface area contributed by atoms with Crippen molar-refractivity contribution in [2.24, 2.45) is 0 Å². The van der Waals surface area contributed by atoms with E-state index in [9.17, 15) is 0 Å². The van der Waals surface area contributed by atoms with E-state index in [4.69, 9.17) is 4.42 Å². The molecule has 0 saturated heterocycles. The van der Waals surface area contributed by atoms with Crippen LogP contribution >= 0.6 is 11.3 Å². The first kappa shape index (κ1) is 30.0. The molecule has 2 aromatic heterocycles. The molecule has 53 heavy (non-hydrogen) atoms. The molecule has 2 nitrogen and oxygen atoms in total. The number of hydrogen-bond acceptors (Lipinski definition) is 3. The second kappa shape index (κ2) is 11.9. The Hall–Kier alpha value is -6.68. The molecule has 0 aliphatic rings. The highest BCUT2D eigenvalue weighted by Crippen LogP contribution is 2.47. The quantitative estimate of drug-likeness (QED) is 0.178. The highest BCUT2D eigenvalue weighted by molar-refractivity contribution is 7.25. The van der Waals surface area contributed by atoms with Crippen LogP contribution in [0.1, 0.15) is 0 Å². The lowest BCUT2D eigenvalue weighted by Crippen LogP contribution is -2.10. The van der Waals surface area contributed by atoms with Gasteiger partial charge in [0.05, 0.1) is 11.4 Å². The van der Waals surface area contributed by atoms with Crippen LogP contribution in [-0.2, 0) is 0 Å². The van der Waals surface area contributed by atoms with Crippen molar-refractivity contribution in [3.05, 3.63) is 188 Å². The molecular weight excluding hydrogens is 663 g/mol. The topological polar surface area (TPSA) is 16.4 Å². The Bertz CT molecular complexity index is 3170. The molecule has 0 radical (unpaired) electrons. The largest absolute Gasteiger partial charge is 0.453 e. The normalized spacial score (nSPS) is 11.8. The van der Waals surface area contributed by atoms with Crippen LogP contribution in [0.15, 0.2) is 192 Å². The smallest absolute Gasteiger partial charge is 0.159 e. The Morgan fingerprint density at radius 2 is 0.962 bits per heavy atom. The lowest BCUT2D eigenvalue weighted by Gasteiger charge is -2.27. The van der Waals surface area contributed by atoms with E-state index >= 15 is 0 Å². The van der Waals surface area contributed by atoms with Gasteiger partial charge in [0.15, 0.2) is 5.58 Å². The zero-order valence-electron chi connectivity index (χ0n) is 28.7. The fourth-order valence-electron chi connectivity index (χ4n) is 8.16. The van der Waals surface area contributed by atoms with Crippen molar-refractivity contribution in [3.8, 4) is 22.3 Å². The lowest BCUT2D eigenvalue weighted by molar-refractivity contribution is 0.673. The summed E-state index contributed by atoms with van der Waals surface area (Å²) in [6.07, 6.45) is 0. The minimum atomic E-state index is 0.865. The van der Waals surface area contributed by atoms with Crippen LogP contribution in [0.3, 0.4) is 0 Å². The second-order valence-electron chi connectivity index (χ2n) is 13.7. The fourth-order valence-corrected chi connectivity index (χ4v) is 9.24. The van der Waals surface area contributed by atoms with Gasteiger partial charge >= 0.3 is 0 Å². The van der Waals surface area contributed by atoms with Crippen LogP contribution in [0.4, 0.5) is 17.1 Å². The molecule has 0 spiro atoms. The third kappa shape index (κ3) is 4.78. The van der Waals surface area contributed by atoms with Crippen molar-refractivity contribution in [2.45, 2.75) is 0 Å². The summed E-state index contributed by atoms with van der Waals surface area (Å²) in [5, 5.41) is 9.49. The van der Waals surface area contributed by atoms with Gasteiger partial charge in [-0.2, -0.15) is 0 Å². The number of rotatable bonds is 5. The Morgan fingerprint density at radius 3 is 1.83 bits per heavy atom. The molecule has 0 aliphatic heterocycles. The maximum Gasteiger partial charge on any atom is 0.159 e. The van der Waals surface area contributed by atoms with Crippen LogP contribution in [-0.4, -0.2) is 0 Å². The van der Waals surface area contributed by atoms with Gasteiger partial charge in [0.25, 0.3) is 0 Å². The van der Waals surface area contributed by atoms with Crippen molar-refractivity contribution >= 4 is 92.1 Å². The molecule has 9 aromatic carbocycles. The van der Waals surface area contributed by atoms with Gasteiger partial charge < -0.3 is 9.32 Å². The standard InChI is InChI=1S/C50H31NOS/c1-2-12-32(13-3-1)33-24-27-36(28-25-33)51(45-21-10-15-34-14-4-5-16-37(34)45)46-22-11-20-41-44-31-42(38-17-6-7-19-40(38)49(44)52-50(41)46)35-26-29-48-43(30-35)39-18-8-9-23-47(39)53-48/h1-31H. The van der Waals surface area contributed by atoms with Crippen LogP contribution in [0.5, 0.6) is 0 Å². The van der Waals surface area contributed by atoms with E-state index < -0.39 is 0 Å². The second-order valence-corrected chi connectivity index (χ2v) is 14.7. The van der Waals surface area contributed by atoms with E-state index in [1.807, 2.05) is 11.3 Å². The Morgan fingerprint density at radius 1 is 0.358 bits per heavy atom. The number of hydrogen-bond donors (Lipinski definition) is 0. The predicted molar refractivity (Wildman–Crippen MR) is 227 cm³/mol. The SMILES string of the molecule is c1ccc(-c2ccc(N(c3cccc4ccccc34)c3cccc4c3oc3c5ccccc5c(-c5ccc6sc7ccccc7c6c5)cc43)cc2)cc1. The van der Waals surface area contributed by atoms with Crippen molar-refractivity contribution in [1.82, 2.24) is 0 Å². The average molecular weight is 694 g/mol. The lowest BCUT2D eigenvalue weighted by atomic mass is 9.94. The van der Waals surface area contributed by atoms with Gasteiger partial charge in [-0.1, -0.05) is 140 Å². The number of fused-ring (bicyclic) bond motifs is 9. The van der Waals surface area contributed by atoms with Gasteiger partial charge in [-0.3, -0.25) is 0 Å². The number of benzene rings is 9. The summed E-state index contributed by atoms with van der Waals surface area (Å²) in [4.78, 5) is 2.36. The van der Waals surface area contributed by atoms with E-state index in [-0.39, 0.29) is 0 Å². The summed E-state index contributed by atoms with van der Waals surface area (Å²) in [6, 6.07) is 67.8. The van der Waals surface area contributed by atoms with Gasteiger partial charge in [0, 0.05) is 47.4 Å². The maximum absolute atomic E-state index is 7.09. The first-order chi connectivity index (χ1) is 26.3. The molecule has 248 valence electrons. The summed E-state index contributed by atoms with van der Waals surface area (Å²) in [6.45, 7) is 0. The molecule has 0 aliphatic carbocycles. The third-order valence-corrected chi connectivity index (χ3v) is 11.8. The average Bonchev–Trinajstić information content (AvgIpc) is 3.80. The van der Waals surface area contributed by atoms with Crippen molar-refractivity contribution < 1.29 is 4.42 Å². The molecule has 0 amide bonds. The van der Waals surface area contributed by atoms with Gasteiger partial charge in [0.2, 0.25) is 0 Å². The number of thiophene rings is 1. The molecule has 11 rings (SSSR count). The minimum absolute atomic E-state index is 0.865. The molecule has 0 fully saturated rings. The first-order valence-electron chi connectivity index (χ1n) is 18.0. The molecule has 0 bridgehead atoms. The number of nitrogens with zero attached hydrogens (tertiary/aromatic N) is 1. The van der Waals surface area contributed by atoms with Crippen LogP contribution in [0.25, 0.3) is 85.9 Å². The molecule has 11 aromatic rings. The predicted octanol–water partition coefficient (Wildman–Crippen LogP) is 15.1. The van der Waals surface area contributed by atoms with Gasteiger partial charge in [-0.15, -0.1) is 11.3 Å². The molecule has 0 N–H and O–H groups in total. The zero-order valence-corrected chi connectivity index (χ0v) is 29.5. The molecule has 0 atom stereocenters. The maximum atomic E-state index is 7.09. The minimum Gasteiger partial charge on any atom is -0.453 e. The van der Waals surface area contributed by atoms with Crippen molar-refractivity contribution in [3.63, 3.8) is 0 Å². The Kier molecular flexibility index (Phi) is 6.76. The van der Waals surface area contributed by atoms with Gasteiger partial charge in [-0.25, -0.2) is 0 Å². The van der Waals surface area contributed by atoms with Crippen molar-refractivity contribution in [1.29, 1.82) is 0 Å². The number of anilines is 3. The Labute approximate surface area is 310 Å². The number of para-hydroxylation sites is 1. The van der Waals surface area contributed by atoms with Crippen molar-refractivity contribution in [2.75, 3.05) is 4.90 Å². The summed E-state index contributed by atoms with van der Waals surface area (Å²) < 4.78 is 9.72. The highest BCUT2D eigenvalue weighted by Gasteiger charge is 2.23. The zero-order chi connectivity index (χ0) is 34.9. The summed E-state index contributed by atoms with van der Waals surface area (Å²) in [5.74, 6) is 0. The first-order valence-corrected chi connectivity index (χ1v) is 18.8. The van der Waals surface area contributed by atoms with E-state index in [1.54, 1.807) is 0 Å². The number of furan rings is 1. The summed E-state index contributed by atoms with van der Waals surface area (Å²) in [7, 11) is 0. The summed E-state index contributed by atoms with van der Waals surface area (Å²) in [5.41, 5.74) is 9.74. The Balaban J connectivity index is 1.16. The third-order valence-electron chi connectivity index (χ3n) is 10.7. The van der Waals surface area contributed by atoms with Crippen LogP contribution in [0.2, 0.25) is 0 Å². The van der Waals surface area contributed by atoms with E-state index in [1.165, 1.54) is 58.6 Å². The summed E-state index contributed by atoms with van der Waals surface area (Å²) >= 11 is 1.86. The van der Waals surface area contributed by atoms with Crippen LogP contribution in [0, 0.1) is 0 Å². The fraction of sp³-hybridized carbons (Fsp3) is 0.